The Bertz CT molecular complexity index is 603. The first kappa shape index (κ1) is 15.8. The quantitative estimate of drug-likeness (QED) is 0.867. The van der Waals surface area contributed by atoms with Crippen molar-refractivity contribution in [2.45, 2.75) is 26.0 Å². The molecule has 1 unspecified atom stereocenters. The first-order valence-electron chi connectivity index (χ1n) is 6.75. The van der Waals surface area contributed by atoms with Gasteiger partial charge in [0.05, 0.1) is 17.3 Å². The van der Waals surface area contributed by atoms with E-state index in [1.165, 1.54) is 5.56 Å². The van der Waals surface area contributed by atoms with Gasteiger partial charge in [0.2, 0.25) is 5.88 Å². The predicted octanol–water partition coefficient (Wildman–Crippen LogP) is 3.32. The largest absolute Gasteiger partial charge is 0.486 e. The van der Waals surface area contributed by atoms with Crippen LogP contribution in [-0.4, -0.2) is 18.1 Å². The van der Waals surface area contributed by atoms with Crippen LogP contribution in [-0.2, 0) is 13.0 Å². The van der Waals surface area contributed by atoms with Crippen LogP contribution >= 0.6 is 15.9 Å². The Morgan fingerprint density at radius 1 is 1.29 bits per heavy atom. The van der Waals surface area contributed by atoms with Gasteiger partial charge >= 0.3 is 0 Å². The standard InChI is InChI=1S/C16H19BrN2O2/c1-11(18)8-12-6-7-15(14(17)9-12)21-10-13-4-3-5-16(19-13)20-2/h3-7,9,11H,8,10,18H2,1-2H3. The van der Waals surface area contributed by atoms with Gasteiger partial charge in [0, 0.05) is 12.1 Å². The van der Waals surface area contributed by atoms with Crippen LogP contribution in [0.3, 0.4) is 0 Å². The average Bonchev–Trinajstić information content (AvgIpc) is 2.46. The van der Waals surface area contributed by atoms with E-state index in [-0.39, 0.29) is 6.04 Å². The SMILES string of the molecule is COc1cccc(COc2ccc(CC(C)N)cc2Br)n1. The zero-order valence-corrected chi connectivity index (χ0v) is 13.8. The van der Waals surface area contributed by atoms with Gasteiger partial charge in [-0.15, -0.1) is 0 Å². The minimum absolute atomic E-state index is 0.143. The molecule has 0 bridgehead atoms. The highest BCUT2D eigenvalue weighted by Crippen LogP contribution is 2.27. The Morgan fingerprint density at radius 3 is 2.76 bits per heavy atom. The second kappa shape index (κ2) is 7.43. The van der Waals surface area contributed by atoms with E-state index in [1.54, 1.807) is 7.11 Å². The summed E-state index contributed by atoms with van der Waals surface area (Å²) in [6.45, 7) is 2.38. The summed E-state index contributed by atoms with van der Waals surface area (Å²) in [7, 11) is 1.60. The molecule has 1 heterocycles. The summed E-state index contributed by atoms with van der Waals surface area (Å²) in [6, 6.07) is 11.8. The van der Waals surface area contributed by atoms with Gasteiger partial charge in [-0.1, -0.05) is 12.1 Å². The first-order valence-corrected chi connectivity index (χ1v) is 7.54. The number of pyridine rings is 1. The fourth-order valence-corrected chi connectivity index (χ4v) is 2.50. The molecule has 0 aliphatic carbocycles. The Labute approximate surface area is 133 Å². The summed E-state index contributed by atoms with van der Waals surface area (Å²) in [5.41, 5.74) is 7.81. The molecule has 2 aromatic rings. The van der Waals surface area contributed by atoms with Crippen LogP contribution in [0.1, 0.15) is 18.2 Å². The molecule has 112 valence electrons. The number of benzene rings is 1. The third-order valence-corrected chi connectivity index (χ3v) is 3.54. The van der Waals surface area contributed by atoms with Crippen molar-refractivity contribution in [2.75, 3.05) is 7.11 Å². The monoisotopic (exact) mass is 350 g/mol. The molecule has 0 saturated carbocycles. The molecule has 4 nitrogen and oxygen atoms in total. The Balaban J connectivity index is 2.02. The highest BCUT2D eigenvalue weighted by atomic mass is 79.9. The first-order chi connectivity index (χ1) is 10.1. The summed E-state index contributed by atoms with van der Waals surface area (Å²) >= 11 is 3.53. The van der Waals surface area contributed by atoms with E-state index < -0.39 is 0 Å². The van der Waals surface area contributed by atoms with E-state index in [9.17, 15) is 0 Å². The van der Waals surface area contributed by atoms with Crippen molar-refractivity contribution in [1.29, 1.82) is 0 Å². The molecular formula is C16H19BrN2O2. The highest BCUT2D eigenvalue weighted by molar-refractivity contribution is 9.10. The molecule has 0 aliphatic heterocycles. The lowest BCUT2D eigenvalue weighted by Crippen LogP contribution is -2.17. The van der Waals surface area contributed by atoms with Crippen LogP contribution in [0.15, 0.2) is 40.9 Å². The van der Waals surface area contributed by atoms with Gasteiger partial charge in [-0.25, -0.2) is 4.98 Å². The Hall–Kier alpha value is -1.59. The molecule has 1 atom stereocenters. The molecule has 1 aromatic carbocycles. The molecule has 0 aliphatic rings. The number of hydrogen-bond donors (Lipinski definition) is 1. The summed E-state index contributed by atoms with van der Waals surface area (Å²) in [6.07, 6.45) is 0.844. The number of nitrogens with zero attached hydrogens (tertiary/aromatic N) is 1. The lowest BCUT2D eigenvalue weighted by molar-refractivity contribution is 0.296. The number of hydrogen-bond acceptors (Lipinski definition) is 4. The van der Waals surface area contributed by atoms with E-state index in [0.717, 1.165) is 22.3 Å². The molecule has 5 heteroatoms. The van der Waals surface area contributed by atoms with Crippen LogP contribution in [0.2, 0.25) is 0 Å². The molecule has 0 saturated heterocycles. The van der Waals surface area contributed by atoms with Crippen LogP contribution in [0.5, 0.6) is 11.6 Å². The number of halogens is 1. The summed E-state index contributed by atoms with van der Waals surface area (Å²) in [5.74, 6) is 1.37. The molecule has 1 aromatic heterocycles. The van der Waals surface area contributed by atoms with Gasteiger partial charge in [0.15, 0.2) is 0 Å². The van der Waals surface area contributed by atoms with Gasteiger partial charge in [-0.2, -0.15) is 0 Å². The van der Waals surface area contributed by atoms with Crippen molar-refractivity contribution >= 4 is 15.9 Å². The zero-order valence-electron chi connectivity index (χ0n) is 12.2. The number of methoxy groups -OCH3 is 1. The van der Waals surface area contributed by atoms with E-state index in [2.05, 4.69) is 20.9 Å². The predicted molar refractivity (Wildman–Crippen MR) is 86.6 cm³/mol. The van der Waals surface area contributed by atoms with Crippen molar-refractivity contribution in [3.63, 3.8) is 0 Å². The lowest BCUT2D eigenvalue weighted by atomic mass is 10.1. The molecular weight excluding hydrogens is 332 g/mol. The second-order valence-electron chi connectivity index (χ2n) is 4.91. The van der Waals surface area contributed by atoms with Crippen molar-refractivity contribution in [2.24, 2.45) is 5.73 Å². The fraction of sp³-hybridized carbons (Fsp3) is 0.312. The Kier molecular flexibility index (Phi) is 5.59. The maximum atomic E-state index is 5.81. The molecule has 0 spiro atoms. The normalized spacial score (nSPS) is 12.0. The van der Waals surface area contributed by atoms with Gasteiger partial charge in [0.1, 0.15) is 12.4 Å². The molecule has 2 rings (SSSR count). The number of ether oxygens (including phenoxy) is 2. The van der Waals surface area contributed by atoms with Gasteiger partial charge in [0.25, 0.3) is 0 Å². The van der Waals surface area contributed by atoms with Crippen LogP contribution in [0, 0.1) is 0 Å². The van der Waals surface area contributed by atoms with Crippen LogP contribution in [0.25, 0.3) is 0 Å². The number of rotatable bonds is 6. The molecule has 2 N–H and O–H groups in total. The fourth-order valence-electron chi connectivity index (χ4n) is 1.96. The average molecular weight is 351 g/mol. The summed E-state index contributed by atoms with van der Waals surface area (Å²) in [4.78, 5) is 4.31. The third kappa shape index (κ3) is 4.72. The molecule has 0 fully saturated rings. The zero-order chi connectivity index (χ0) is 15.2. The van der Waals surface area contributed by atoms with Crippen LogP contribution in [0.4, 0.5) is 0 Å². The van der Waals surface area contributed by atoms with Gasteiger partial charge < -0.3 is 15.2 Å². The summed E-state index contributed by atoms with van der Waals surface area (Å²) < 4.78 is 11.8. The van der Waals surface area contributed by atoms with E-state index >= 15 is 0 Å². The third-order valence-electron chi connectivity index (χ3n) is 2.92. The van der Waals surface area contributed by atoms with E-state index in [0.29, 0.717) is 12.5 Å². The van der Waals surface area contributed by atoms with E-state index in [4.69, 9.17) is 15.2 Å². The highest BCUT2D eigenvalue weighted by Gasteiger charge is 2.06. The smallest absolute Gasteiger partial charge is 0.213 e. The minimum atomic E-state index is 0.143. The van der Waals surface area contributed by atoms with Crippen molar-refractivity contribution < 1.29 is 9.47 Å². The number of aromatic nitrogens is 1. The maximum Gasteiger partial charge on any atom is 0.213 e. The second-order valence-corrected chi connectivity index (χ2v) is 5.76. The molecule has 0 amide bonds. The molecule has 0 radical (unpaired) electrons. The van der Waals surface area contributed by atoms with Gasteiger partial charge in [-0.05, 0) is 53.0 Å². The van der Waals surface area contributed by atoms with Crippen molar-refractivity contribution in [3.8, 4) is 11.6 Å². The van der Waals surface area contributed by atoms with Crippen LogP contribution < -0.4 is 15.2 Å². The molecule has 21 heavy (non-hydrogen) atoms. The lowest BCUT2D eigenvalue weighted by Gasteiger charge is -2.11. The maximum absolute atomic E-state index is 5.81. The minimum Gasteiger partial charge on any atom is -0.486 e. The summed E-state index contributed by atoms with van der Waals surface area (Å²) in [5, 5.41) is 0. The Morgan fingerprint density at radius 2 is 2.10 bits per heavy atom. The van der Waals surface area contributed by atoms with Gasteiger partial charge in [-0.3, -0.25) is 0 Å². The van der Waals surface area contributed by atoms with E-state index in [1.807, 2.05) is 43.3 Å². The van der Waals surface area contributed by atoms with Crippen molar-refractivity contribution in [3.05, 3.63) is 52.1 Å². The number of nitrogens with two attached hydrogens (primary N) is 1. The van der Waals surface area contributed by atoms with Crippen molar-refractivity contribution in [1.82, 2.24) is 4.98 Å². The topological polar surface area (TPSA) is 57.4 Å².